The zero-order valence-electron chi connectivity index (χ0n) is 8.39. The van der Waals surface area contributed by atoms with E-state index in [2.05, 4.69) is 10.3 Å². The molecule has 1 heterocycles. The Morgan fingerprint density at radius 2 is 2.07 bits per heavy atom. The Kier molecular flexibility index (Phi) is 2.92. The molecule has 3 heteroatoms. The first-order chi connectivity index (χ1) is 6.75. The average Bonchev–Trinajstić information content (AvgIpc) is 2.62. The summed E-state index contributed by atoms with van der Waals surface area (Å²) in [6.45, 7) is 1.99. The molecule has 2 nitrogen and oxygen atoms in total. The highest BCUT2D eigenvalue weighted by Gasteiger charge is 2.15. The number of nitrogens with one attached hydrogen (secondary N) is 1. The maximum absolute atomic E-state index is 5.79. The van der Waals surface area contributed by atoms with Gasteiger partial charge in [-0.2, -0.15) is 0 Å². The lowest BCUT2D eigenvalue weighted by Gasteiger charge is -2.14. The van der Waals surface area contributed by atoms with Gasteiger partial charge in [0.15, 0.2) is 0 Å². The van der Waals surface area contributed by atoms with Crippen molar-refractivity contribution >= 4 is 17.3 Å². The van der Waals surface area contributed by atoms with Crippen LogP contribution in [0.15, 0.2) is 12.1 Å². The van der Waals surface area contributed by atoms with Gasteiger partial charge in [0.2, 0.25) is 0 Å². The Hall–Kier alpha value is -0.760. The molecule has 2 rings (SSSR count). The SMILES string of the molecule is Cc1nc(Cl)ccc1NC1CCCC1. The Morgan fingerprint density at radius 3 is 2.71 bits per heavy atom. The number of halogens is 1. The number of anilines is 1. The smallest absolute Gasteiger partial charge is 0.129 e. The van der Waals surface area contributed by atoms with Gasteiger partial charge < -0.3 is 5.32 Å². The van der Waals surface area contributed by atoms with Gasteiger partial charge in [0, 0.05) is 6.04 Å². The summed E-state index contributed by atoms with van der Waals surface area (Å²) in [5.74, 6) is 0. The Morgan fingerprint density at radius 1 is 1.36 bits per heavy atom. The van der Waals surface area contributed by atoms with Crippen LogP contribution in [0.4, 0.5) is 5.69 Å². The van der Waals surface area contributed by atoms with Crippen LogP contribution in [0.2, 0.25) is 5.15 Å². The fraction of sp³-hybridized carbons (Fsp3) is 0.545. The van der Waals surface area contributed by atoms with Gasteiger partial charge in [-0.3, -0.25) is 0 Å². The normalized spacial score (nSPS) is 17.3. The fourth-order valence-corrected chi connectivity index (χ4v) is 2.16. The van der Waals surface area contributed by atoms with Crippen molar-refractivity contribution in [1.82, 2.24) is 4.98 Å². The molecule has 0 radical (unpaired) electrons. The molecule has 14 heavy (non-hydrogen) atoms. The molecular weight excluding hydrogens is 196 g/mol. The summed E-state index contributed by atoms with van der Waals surface area (Å²) in [5, 5.41) is 4.08. The number of hydrogen-bond donors (Lipinski definition) is 1. The molecule has 0 bridgehead atoms. The Balaban J connectivity index is 2.08. The zero-order chi connectivity index (χ0) is 9.97. The number of hydrogen-bond acceptors (Lipinski definition) is 2. The minimum Gasteiger partial charge on any atom is -0.381 e. The predicted molar refractivity (Wildman–Crippen MR) is 59.9 cm³/mol. The van der Waals surface area contributed by atoms with Crippen molar-refractivity contribution < 1.29 is 0 Å². The predicted octanol–water partition coefficient (Wildman–Crippen LogP) is 3.40. The van der Waals surface area contributed by atoms with Crippen LogP contribution in [0.3, 0.4) is 0 Å². The van der Waals surface area contributed by atoms with Crippen molar-refractivity contribution in [1.29, 1.82) is 0 Å². The Labute approximate surface area is 89.7 Å². The van der Waals surface area contributed by atoms with Gasteiger partial charge >= 0.3 is 0 Å². The van der Waals surface area contributed by atoms with Gasteiger partial charge in [-0.1, -0.05) is 24.4 Å². The van der Waals surface area contributed by atoms with E-state index in [4.69, 9.17) is 11.6 Å². The van der Waals surface area contributed by atoms with Gasteiger partial charge in [0.25, 0.3) is 0 Å². The zero-order valence-corrected chi connectivity index (χ0v) is 9.14. The lowest BCUT2D eigenvalue weighted by molar-refractivity contribution is 0.753. The van der Waals surface area contributed by atoms with Crippen LogP contribution in [-0.4, -0.2) is 11.0 Å². The molecular formula is C11H15ClN2. The minimum absolute atomic E-state index is 0.569. The fourth-order valence-electron chi connectivity index (χ4n) is 1.97. The third-order valence-corrected chi connectivity index (χ3v) is 2.98. The molecule has 1 N–H and O–H groups in total. The largest absolute Gasteiger partial charge is 0.381 e. The van der Waals surface area contributed by atoms with Crippen molar-refractivity contribution in [3.05, 3.63) is 23.0 Å². The topological polar surface area (TPSA) is 24.9 Å². The molecule has 1 aliphatic rings. The quantitative estimate of drug-likeness (QED) is 0.757. The molecule has 1 aromatic rings. The van der Waals surface area contributed by atoms with Crippen LogP contribution in [-0.2, 0) is 0 Å². The van der Waals surface area contributed by atoms with E-state index in [-0.39, 0.29) is 0 Å². The monoisotopic (exact) mass is 210 g/mol. The lowest BCUT2D eigenvalue weighted by Crippen LogP contribution is -2.15. The van der Waals surface area contributed by atoms with E-state index in [9.17, 15) is 0 Å². The molecule has 1 aromatic heterocycles. The third-order valence-electron chi connectivity index (χ3n) is 2.77. The summed E-state index contributed by atoms with van der Waals surface area (Å²) in [5.41, 5.74) is 2.12. The van der Waals surface area contributed by atoms with Crippen molar-refractivity contribution in [3.63, 3.8) is 0 Å². The summed E-state index contributed by atoms with van der Waals surface area (Å²) >= 11 is 5.79. The molecule has 0 amide bonds. The summed E-state index contributed by atoms with van der Waals surface area (Å²) in [6, 6.07) is 4.49. The number of rotatable bonds is 2. The number of pyridine rings is 1. The van der Waals surface area contributed by atoms with Crippen molar-refractivity contribution in [2.24, 2.45) is 0 Å². The second kappa shape index (κ2) is 4.18. The van der Waals surface area contributed by atoms with Crippen molar-refractivity contribution in [2.75, 3.05) is 5.32 Å². The van der Waals surface area contributed by atoms with Gasteiger partial charge in [0.05, 0.1) is 11.4 Å². The summed E-state index contributed by atoms with van der Waals surface area (Å²) in [4.78, 5) is 4.22. The number of nitrogens with zero attached hydrogens (tertiary/aromatic N) is 1. The maximum atomic E-state index is 5.79. The minimum atomic E-state index is 0.569. The first-order valence-electron chi connectivity index (χ1n) is 5.15. The van der Waals surface area contributed by atoms with E-state index in [0.717, 1.165) is 11.4 Å². The van der Waals surface area contributed by atoms with Crippen LogP contribution >= 0.6 is 11.6 Å². The highest BCUT2D eigenvalue weighted by atomic mass is 35.5. The number of aromatic nitrogens is 1. The molecule has 0 atom stereocenters. The van der Waals surface area contributed by atoms with Gasteiger partial charge in [-0.05, 0) is 31.9 Å². The molecule has 0 aromatic carbocycles. The third kappa shape index (κ3) is 2.18. The molecule has 0 unspecified atom stereocenters. The first-order valence-corrected chi connectivity index (χ1v) is 5.53. The molecule has 1 saturated carbocycles. The van der Waals surface area contributed by atoms with Crippen molar-refractivity contribution in [2.45, 2.75) is 38.6 Å². The molecule has 0 saturated heterocycles. The summed E-state index contributed by atoms with van der Waals surface area (Å²) < 4.78 is 0. The molecule has 0 aliphatic heterocycles. The van der Waals surface area contributed by atoms with Gasteiger partial charge in [-0.25, -0.2) is 4.98 Å². The van der Waals surface area contributed by atoms with Crippen molar-refractivity contribution in [3.8, 4) is 0 Å². The number of aryl methyl sites for hydroxylation is 1. The Bertz CT molecular complexity index is 319. The highest BCUT2D eigenvalue weighted by molar-refractivity contribution is 6.29. The van der Waals surface area contributed by atoms with Crippen LogP contribution in [0.5, 0.6) is 0 Å². The summed E-state index contributed by atoms with van der Waals surface area (Å²) in [6.07, 6.45) is 5.25. The first kappa shape index (κ1) is 9.78. The molecule has 0 spiro atoms. The second-order valence-electron chi connectivity index (χ2n) is 3.89. The van der Waals surface area contributed by atoms with E-state index in [0.29, 0.717) is 11.2 Å². The standard InChI is InChI=1S/C11H15ClN2/c1-8-10(6-7-11(12)13-8)14-9-4-2-3-5-9/h6-7,9,14H,2-5H2,1H3. The molecule has 76 valence electrons. The maximum Gasteiger partial charge on any atom is 0.129 e. The van der Waals surface area contributed by atoms with E-state index in [1.807, 2.05) is 19.1 Å². The van der Waals surface area contributed by atoms with Crippen LogP contribution < -0.4 is 5.32 Å². The van der Waals surface area contributed by atoms with E-state index in [1.165, 1.54) is 25.7 Å². The van der Waals surface area contributed by atoms with Crippen LogP contribution in [0, 0.1) is 6.92 Å². The molecule has 1 fully saturated rings. The average molecular weight is 211 g/mol. The van der Waals surface area contributed by atoms with Crippen LogP contribution in [0.25, 0.3) is 0 Å². The molecule has 1 aliphatic carbocycles. The summed E-state index contributed by atoms with van der Waals surface area (Å²) in [7, 11) is 0. The van der Waals surface area contributed by atoms with E-state index in [1.54, 1.807) is 0 Å². The lowest BCUT2D eigenvalue weighted by atomic mass is 10.2. The highest BCUT2D eigenvalue weighted by Crippen LogP contribution is 2.24. The van der Waals surface area contributed by atoms with E-state index < -0.39 is 0 Å². The van der Waals surface area contributed by atoms with Gasteiger partial charge in [0.1, 0.15) is 5.15 Å². The van der Waals surface area contributed by atoms with Gasteiger partial charge in [-0.15, -0.1) is 0 Å². The second-order valence-corrected chi connectivity index (χ2v) is 4.28. The van der Waals surface area contributed by atoms with Crippen LogP contribution in [0.1, 0.15) is 31.4 Å². The van der Waals surface area contributed by atoms with E-state index >= 15 is 0 Å².